The molecule has 1 aliphatic heterocycles. The molecule has 1 fully saturated rings. The van der Waals surface area contributed by atoms with Crippen molar-refractivity contribution >= 4 is 13.3 Å². The van der Waals surface area contributed by atoms with Crippen LogP contribution < -0.4 is 5.19 Å². The minimum Gasteiger partial charge on any atom is -0.256 e. The van der Waals surface area contributed by atoms with Gasteiger partial charge >= 0.3 is 0 Å². The minimum atomic E-state index is -1.48. The summed E-state index contributed by atoms with van der Waals surface area (Å²) in [5.41, 5.74) is 2.59. The van der Waals surface area contributed by atoms with Gasteiger partial charge in [0.2, 0.25) is 0 Å². The van der Waals surface area contributed by atoms with Crippen LogP contribution in [0.4, 0.5) is 0 Å². The fraction of sp³-hybridized carbons (Fsp3) is 0.263. The van der Waals surface area contributed by atoms with Crippen LogP contribution in [-0.2, 0) is 6.17 Å². The van der Waals surface area contributed by atoms with Gasteiger partial charge in [-0.15, -0.1) is 0 Å². The molecule has 0 spiro atoms. The Balaban J connectivity index is 1.65. The second-order valence-electron chi connectivity index (χ2n) is 6.52. The van der Waals surface area contributed by atoms with Crippen LogP contribution in [0.1, 0.15) is 12.8 Å². The average Bonchev–Trinajstić information content (AvgIpc) is 3.29. The Hall–Kier alpha value is -2.20. The number of aromatic nitrogens is 3. The molecule has 3 nitrogen and oxygen atoms in total. The van der Waals surface area contributed by atoms with Gasteiger partial charge in [0.15, 0.2) is 0 Å². The molecule has 116 valence electrons. The van der Waals surface area contributed by atoms with Gasteiger partial charge in [0.1, 0.15) is 20.7 Å². The molecule has 0 aliphatic carbocycles. The van der Waals surface area contributed by atoms with Crippen molar-refractivity contribution in [2.24, 2.45) is 0 Å². The second-order valence-corrected chi connectivity index (χ2v) is 11.0. The van der Waals surface area contributed by atoms with E-state index in [1.54, 1.807) is 11.5 Å². The Kier molecular flexibility index (Phi) is 3.83. The molecule has 0 unspecified atom stereocenters. The number of nitrogens with zero attached hydrogens (tertiary/aromatic N) is 3. The molecule has 0 saturated carbocycles. The van der Waals surface area contributed by atoms with Gasteiger partial charge in [-0.2, -0.15) is 5.10 Å². The molecule has 1 saturated heterocycles. The van der Waals surface area contributed by atoms with E-state index in [9.17, 15) is 0 Å². The van der Waals surface area contributed by atoms with E-state index in [2.05, 4.69) is 64.7 Å². The molecule has 0 N–H and O–H groups in total. The van der Waals surface area contributed by atoms with E-state index in [1.807, 2.05) is 11.0 Å². The first-order valence-electron chi connectivity index (χ1n) is 8.34. The highest BCUT2D eigenvalue weighted by Gasteiger charge is 2.38. The summed E-state index contributed by atoms with van der Waals surface area (Å²) in [6.07, 6.45) is 7.31. The van der Waals surface area contributed by atoms with Gasteiger partial charge in [-0.05, 0) is 11.1 Å². The van der Waals surface area contributed by atoms with Gasteiger partial charge in [-0.3, -0.25) is 4.68 Å². The highest BCUT2D eigenvalue weighted by molar-refractivity contribution is 6.91. The summed E-state index contributed by atoms with van der Waals surface area (Å²) in [6, 6.07) is 22.7. The molecule has 2 aromatic carbocycles. The predicted molar refractivity (Wildman–Crippen MR) is 96.1 cm³/mol. The molecule has 4 rings (SSSR count). The number of hydrogen-bond acceptors (Lipinski definition) is 2. The van der Waals surface area contributed by atoms with Crippen molar-refractivity contribution in [2.45, 2.75) is 31.1 Å². The van der Waals surface area contributed by atoms with E-state index < -0.39 is 8.07 Å². The lowest BCUT2D eigenvalue weighted by Crippen LogP contribution is -2.49. The van der Waals surface area contributed by atoms with Gasteiger partial charge in [0.05, 0.1) is 0 Å². The molecule has 1 aromatic heterocycles. The zero-order chi connectivity index (χ0) is 15.5. The lowest BCUT2D eigenvalue weighted by atomic mass is 10.1. The summed E-state index contributed by atoms with van der Waals surface area (Å²) in [7, 11) is -1.48. The Morgan fingerprint density at radius 3 is 2.22 bits per heavy atom. The zero-order valence-electron chi connectivity index (χ0n) is 13.2. The Morgan fingerprint density at radius 1 is 0.870 bits per heavy atom. The smallest absolute Gasteiger partial charge is 0.137 e. The molecule has 4 heteroatoms. The first-order chi connectivity index (χ1) is 11.4. The molecule has 23 heavy (non-hydrogen) atoms. The third-order valence-electron chi connectivity index (χ3n) is 5.10. The van der Waals surface area contributed by atoms with Crippen molar-refractivity contribution in [2.75, 3.05) is 0 Å². The third-order valence-corrected chi connectivity index (χ3v) is 10.2. The van der Waals surface area contributed by atoms with Gasteiger partial charge < -0.3 is 0 Å². The van der Waals surface area contributed by atoms with E-state index in [0.29, 0.717) is 0 Å². The number of benzene rings is 2. The van der Waals surface area contributed by atoms with Gasteiger partial charge in [-0.1, -0.05) is 84.7 Å². The van der Waals surface area contributed by atoms with Crippen molar-refractivity contribution in [1.82, 2.24) is 14.8 Å². The van der Waals surface area contributed by atoms with Crippen LogP contribution in [0.5, 0.6) is 0 Å². The standard InChI is InChI=1S/C19H21N3Si/c1-2-6-17(7-3-1)18-8-10-19(11-9-18)23(12-4-5-13-23)16-22-15-20-14-21-22/h1-3,6-11,14-15H,4-5,12-13,16H2. The zero-order valence-corrected chi connectivity index (χ0v) is 14.2. The largest absolute Gasteiger partial charge is 0.256 e. The van der Waals surface area contributed by atoms with Crippen molar-refractivity contribution in [3.8, 4) is 11.1 Å². The lowest BCUT2D eigenvalue weighted by molar-refractivity contribution is 0.721. The van der Waals surface area contributed by atoms with Crippen LogP contribution >= 0.6 is 0 Å². The predicted octanol–water partition coefficient (Wildman–Crippen LogP) is 3.63. The van der Waals surface area contributed by atoms with E-state index in [-0.39, 0.29) is 0 Å². The van der Waals surface area contributed by atoms with Crippen LogP contribution in [0, 0.1) is 0 Å². The molecule has 0 bridgehead atoms. The summed E-state index contributed by atoms with van der Waals surface area (Å²) in [4.78, 5) is 4.12. The van der Waals surface area contributed by atoms with Crippen molar-refractivity contribution in [3.05, 3.63) is 67.3 Å². The summed E-state index contributed by atoms with van der Waals surface area (Å²) >= 11 is 0. The molecule has 0 radical (unpaired) electrons. The molecular formula is C19H21N3Si. The van der Waals surface area contributed by atoms with Crippen molar-refractivity contribution in [1.29, 1.82) is 0 Å². The normalized spacial score (nSPS) is 16.5. The molecule has 3 aromatic rings. The fourth-order valence-electron chi connectivity index (χ4n) is 3.86. The van der Waals surface area contributed by atoms with Crippen molar-refractivity contribution < 1.29 is 0 Å². The van der Waals surface area contributed by atoms with Crippen LogP contribution in [-0.4, -0.2) is 22.8 Å². The van der Waals surface area contributed by atoms with Gasteiger partial charge in [-0.25, -0.2) is 4.98 Å². The summed E-state index contributed by atoms with van der Waals surface area (Å²) in [5, 5.41) is 5.93. The lowest BCUT2D eigenvalue weighted by Gasteiger charge is -2.27. The van der Waals surface area contributed by atoms with Crippen LogP contribution in [0.3, 0.4) is 0 Å². The maximum Gasteiger partial charge on any atom is 0.137 e. The molecule has 1 aliphatic rings. The van der Waals surface area contributed by atoms with E-state index >= 15 is 0 Å². The molecule has 0 amide bonds. The van der Waals surface area contributed by atoms with Crippen LogP contribution in [0.15, 0.2) is 67.3 Å². The van der Waals surface area contributed by atoms with Crippen molar-refractivity contribution in [3.63, 3.8) is 0 Å². The average molecular weight is 319 g/mol. The highest BCUT2D eigenvalue weighted by atomic mass is 28.3. The SMILES string of the molecule is c1ccc(-c2ccc([Si]3(Cn4cncn4)CCCC3)cc2)cc1. The molecule has 2 heterocycles. The Morgan fingerprint density at radius 2 is 1.57 bits per heavy atom. The van der Waals surface area contributed by atoms with Gasteiger partial charge in [0, 0.05) is 6.17 Å². The third kappa shape index (κ3) is 2.86. The monoisotopic (exact) mass is 319 g/mol. The minimum absolute atomic E-state index is 1.07. The molecular weight excluding hydrogens is 298 g/mol. The molecule has 0 atom stereocenters. The summed E-state index contributed by atoms with van der Waals surface area (Å²) < 4.78 is 2.04. The Labute approximate surface area is 138 Å². The second kappa shape index (κ2) is 6.12. The highest BCUT2D eigenvalue weighted by Crippen LogP contribution is 2.31. The summed E-state index contributed by atoms with van der Waals surface area (Å²) in [5.74, 6) is 0. The van der Waals surface area contributed by atoms with E-state index in [4.69, 9.17) is 0 Å². The number of hydrogen-bond donors (Lipinski definition) is 0. The topological polar surface area (TPSA) is 30.7 Å². The van der Waals surface area contributed by atoms with Crippen LogP contribution in [0.2, 0.25) is 12.1 Å². The van der Waals surface area contributed by atoms with Gasteiger partial charge in [0.25, 0.3) is 0 Å². The Bertz CT molecular complexity index is 745. The first-order valence-corrected chi connectivity index (χ1v) is 11.0. The van der Waals surface area contributed by atoms with E-state index in [1.165, 1.54) is 36.1 Å². The fourth-order valence-corrected chi connectivity index (χ4v) is 8.70. The maximum atomic E-state index is 4.36. The summed E-state index contributed by atoms with van der Waals surface area (Å²) in [6.45, 7) is 0. The number of rotatable bonds is 4. The first kappa shape index (κ1) is 14.4. The quantitative estimate of drug-likeness (QED) is 0.688. The maximum absolute atomic E-state index is 4.36. The van der Waals surface area contributed by atoms with Crippen LogP contribution in [0.25, 0.3) is 11.1 Å². The van der Waals surface area contributed by atoms with E-state index in [0.717, 1.165) is 6.17 Å².